The SMILES string of the molecule is O=C1NC(=Nc2ccccc2Cl)SC1=Cc1ccc(OCc2ccccc2)cc1. The van der Waals surface area contributed by atoms with Gasteiger partial charge >= 0.3 is 0 Å². The molecule has 1 heterocycles. The highest BCUT2D eigenvalue weighted by Crippen LogP contribution is 2.31. The normalized spacial score (nSPS) is 16.2. The topological polar surface area (TPSA) is 50.7 Å². The molecule has 1 N–H and O–H groups in total. The van der Waals surface area contributed by atoms with Gasteiger partial charge in [-0.1, -0.05) is 66.2 Å². The summed E-state index contributed by atoms with van der Waals surface area (Å²) in [6.45, 7) is 0.515. The van der Waals surface area contributed by atoms with Crippen molar-refractivity contribution in [3.8, 4) is 5.75 Å². The minimum atomic E-state index is -0.176. The molecule has 0 atom stereocenters. The highest BCUT2D eigenvalue weighted by Gasteiger charge is 2.24. The molecule has 1 aliphatic heterocycles. The molecular formula is C23H17ClN2O2S. The number of nitrogens with one attached hydrogen (secondary N) is 1. The zero-order valence-corrected chi connectivity index (χ0v) is 16.9. The van der Waals surface area contributed by atoms with E-state index in [-0.39, 0.29) is 5.91 Å². The van der Waals surface area contributed by atoms with Crippen LogP contribution in [0, 0.1) is 0 Å². The van der Waals surface area contributed by atoms with E-state index in [0.29, 0.717) is 27.4 Å². The average Bonchev–Trinajstić information content (AvgIpc) is 3.09. The van der Waals surface area contributed by atoms with Gasteiger partial charge in [0.2, 0.25) is 0 Å². The molecule has 1 aliphatic rings. The molecule has 1 saturated heterocycles. The van der Waals surface area contributed by atoms with Gasteiger partial charge in [0.15, 0.2) is 5.17 Å². The first-order valence-electron chi connectivity index (χ1n) is 8.98. The lowest BCUT2D eigenvalue weighted by Gasteiger charge is -2.06. The first-order valence-corrected chi connectivity index (χ1v) is 10.2. The van der Waals surface area contributed by atoms with Gasteiger partial charge < -0.3 is 10.1 Å². The minimum absolute atomic E-state index is 0.176. The van der Waals surface area contributed by atoms with Crippen molar-refractivity contribution in [2.45, 2.75) is 6.61 Å². The summed E-state index contributed by atoms with van der Waals surface area (Å²) in [4.78, 5) is 17.3. The number of benzene rings is 3. The second kappa shape index (κ2) is 8.99. The molecule has 0 bridgehead atoms. The molecule has 144 valence electrons. The van der Waals surface area contributed by atoms with Crippen LogP contribution in [0.1, 0.15) is 11.1 Å². The Labute approximate surface area is 178 Å². The maximum atomic E-state index is 12.3. The Kier molecular flexibility index (Phi) is 5.98. The molecule has 4 nitrogen and oxygen atoms in total. The van der Waals surface area contributed by atoms with Gasteiger partial charge in [0.25, 0.3) is 5.91 Å². The van der Waals surface area contributed by atoms with Crippen LogP contribution in [-0.4, -0.2) is 11.1 Å². The van der Waals surface area contributed by atoms with Crippen LogP contribution in [0.4, 0.5) is 5.69 Å². The summed E-state index contributed by atoms with van der Waals surface area (Å²) < 4.78 is 5.80. The molecule has 0 unspecified atom stereocenters. The molecule has 0 spiro atoms. The van der Waals surface area contributed by atoms with E-state index in [2.05, 4.69) is 10.3 Å². The second-order valence-electron chi connectivity index (χ2n) is 6.28. The maximum absolute atomic E-state index is 12.3. The Morgan fingerprint density at radius 3 is 2.45 bits per heavy atom. The number of amides is 1. The maximum Gasteiger partial charge on any atom is 0.264 e. The van der Waals surface area contributed by atoms with Crippen molar-refractivity contribution >= 4 is 46.2 Å². The molecule has 0 aliphatic carbocycles. The van der Waals surface area contributed by atoms with Crippen LogP contribution in [0.5, 0.6) is 5.75 Å². The Bertz CT molecular complexity index is 1080. The van der Waals surface area contributed by atoms with E-state index in [9.17, 15) is 4.79 Å². The Balaban J connectivity index is 1.42. The predicted molar refractivity (Wildman–Crippen MR) is 119 cm³/mol. The zero-order chi connectivity index (χ0) is 20.1. The molecule has 1 amide bonds. The highest BCUT2D eigenvalue weighted by molar-refractivity contribution is 8.18. The molecule has 1 fully saturated rings. The predicted octanol–water partition coefficient (Wildman–Crippen LogP) is 5.81. The van der Waals surface area contributed by atoms with Crippen LogP contribution in [0.3, 0.4) is 0 Å². The zero-order valence-electron chi connectivity index (χ0n) is 15.3. The van der Waals surface area contributed by atoms with E-state index in [1.165, 1.54) is 11.8 Å². The molecule has 3 aromatic rings. The van der Waals surface area contributed by atoms with Crippen molar-refractivity contribution in [1.29, 1.82) is 0 Å². The quantitative estimate of drug-likeness (QED) is 0.530. The van der Waals surface area contributed by atoms with Gasteiger partial charge in [-0.15, -0.1) is 0 Å². The molecule has 4 rings (SSSR count). The van der Waals surface area contributed by atoms with Gasteiger partial charge in [0, 0.05) is 0 Å². The van der Waals surface area contributed by atoms with Gasteiger partial charge in [-0.3, -0.25) is 4.79 Å². The summed E-state index contributed by atoms with van der Waals surface area (Å²) in [5.74, 6) is 0.603. The van der Waals surface area contributed by atoms with Gasteiger partial charge in [0.05, 0.1) is 15.6 Å². The molecule has 0 saturated carbocycles. The third-order valence-corrected chi connectivity index (χ3v) is 5.38. The number of hydrogen-bond donors (Lipinski definition) is 1. The number of halogens is 1. The number of thioether (sulfide) groups is 1. The van der Waals surface area contributed by atoms with E-state index in [0.717, 1.165) is 16.9 Å². The van der Waals surface area contributed by atoms with Crippen molar-refractivity contribution in [2.75, 3.05) is 0 Å². The summed E-state index contributed by atoms with van der Waals surface area (Å²) in [6.07, 6.45) is 1.83. The van der Waals surface area contributed by atoms with Crippen LogP contribution in [0.15, 0.2) is 88.8 Å². The largest absolute Gasteiger partial charge is 0.489 e. The number of ether oxygens (including phenoxy) is 1. The molecule has 0 aromatic heterocycles. The fraction of sp³-hybridized carbons (Fsp3) is 0.0435. The number of carbonyl (C=O) groups excluding carboxylic acids is 1. The van der Waals surface area contributed by atoms with Crippen molar-refractivity contribution in [2.24, 2.45) is 4.99 Å². The third kappa shape index (κ3) is 5.08. The lowest BCUT2D eigenvalue weighted by atomic mass is 10.2. The monoisotopic (exact) mass is 420 g/mol. The Morgan fingerprint density at radius 1 is 0.966 bits per heavy atom. The fourth-order valence-electron chi connectivity index (χ4n) is 2.68. The lowest BCUT2D eigenvalue weighted by molar-refractivity contribution is -0.115. The number of amidine groups is 1. The number of para-hydroxylation sites is 1. The van der Waals surface area contributed by atoms with Crippen molar-refractivity contribution in [3.05, 3.63) is 99.9 Å². The summed E-state index contributed by atoms with van der Waals surface area (Å²) in [7, 11) is 0. The summed E-state index contributed by atoms with van der Waals surface area (Å²) in [6, 6.07) is 24.9. The van der Waals surface area contributed by atoms with Crippen LogP contribution >= 0.6 is 23.4 Å². The fourth-order valence-corrected chi connectivity index (χ4v) is 3.70. The second-order valence-corrected chi connectivity index (χ2v) is 7.71. The minimum Gasteiger partial charge on any atom is -0.489 e. The first kappa shape index (κ1) is 19.3. The van der Waals surface area contributed by atoms with E-state index < -0.39 is 0 Å². The van der Waals surface area contributed by atoms with E-state index >= 15 is 0 Å². The van der Waals surface area contributed by atoms with Gasteiger partial charge in [0.1, 0.15) is 12.4 Å². The Morgan fingerprint density at radius 2 is 1.69 bits per heavy atom. The molecule has 6 heteroatoms. The van der Waals surface area contributed by atoms with Crippen LogP contribution < -0.4 is 10.1 Å². The van der Waals surface area contributed by atoms with E-state index in [4.69, 9.17) is 16.3 Å². The highest BCUT2D eigenvalue weighted by atomic mass is 35.5. The smallest absolute Gasteiger partial charge is 0.264 e. The summed E-state index contributed by atoms with van der Waals surface area (Å²) in [5, 5.41) is 3.82. The van der Waals surface area contributed by atoms with Crippen molar-refractivity contribution in [3.63, 3.8) is 0 Å². The van der Waals surface area contributed by atoms with E-state index in [1.807, 2.05) is 72.8 Å². The number of carbonyl (C=O) groups is 1. The number of nitrogens with zero attached hydrogens (tertiary/aromatic N) is 1. The lowest BCUT2D eigenvalue weighted by Crippen LogP contribution is -2.19. The van der Waals surface area contributed by atoms with Crippen molar-refractivity contribution in [1.82, 2.24) is 5.32 Å². The first-order chi connectivity index (χ1) is 14.2. The summed E-state index contributed by atoms with van der Waals surface area (Å²) in [5.41, 5.74) is 2.65. The van der Waals surface area contributed by atoms with Gasteiger partial charge in [-0.25, -0.2) is 4.99 Å². The molecule has 29 heavy (non-hydrogen) atoms. The molecule has 0 radical (unpaired) electrons. The Hall–Kier alpha value is -3.02. The number of rotatable bonds is 5. The number of hydrogen-bond acceptors (Lipinski definition) is 4. The van der Waals surface area contributed by atoms with E-state index in [1.54, 1.807) is 12.1 Å². The molecular weight excluding hydrogens is 404 g/mol. The number of aliphatic imine (C=N–C) groups is 1. The van der Waals surface area contributed by atoms with Crippen LogP contribution in [0.25, 0.3) is 6.08 Å². The average molecular weight is 421 g/mol. The summed E-state index contributed by atoms with van der Waals surface area (Å²) >= 11 is 7.42. The van der Waals surface area contributed by atoms with Crippen LogP contribution in [-0.2, 0) is 11.4 Å². The standard InChI is InChI=1S/C23H17ClN2O2S/c24-19-8-4-5-9-20(19)25-23-26-22(27)21(29-23)14-16-10-12-18(13-11-16)28-15-17-6-2-1-3-7-17/h1-14H,15H2,(H,25,26,27). The van der Waals surface area contributed by atoms with Gasteiger partial charge in [-0.05, 0) is 53.2 Å². The molecule has 3 aromatic carbocycles. The van der Waals surface area contributed by atoms with Crippen LogP contribution in [0.2, 0.25) is 5.02 Å². The van der Waals surface area contributed by atoms with Gasteiger partial charge in [-0.2, -0.15) is 0 Å². The van der Waals surface area contributed by atoms with Crippen molar-refractivity contribution < 1.29 is 9.53 Å². The third-order valence-electron chi connectivity index (χ3n) is 4.15.